The summed E-state index contributed by atoms with van der Waals surface area (Å²) >= 11 is 0. The molecule has 3 aliphatic rings. The second-order valence-corrected chi connectivity index (χ2v) is 8.52. The molecule has 0 bridgehead atoms. The molecule has 1 unspecified atom stereocenters. The minimum absolute atomic E-state index is 0.407. The molecular weight excluding hydrogens is 360 g/mol. The van der Waals surface area contributed by atoms with Crippen LogP contribution < -0.4 is 0 Å². The lowest BCUT2D eigenvalue weighted by molar-refractivity contribution is 0.766. The second-order valence-electron chi connectivity index (χ2n) is 8.52. The fourth-order valence-electron chi connectivity index (χ4n) is 4.97. The summed E-state index contributed by atoms with van der Waals surface area (Å²) in [5.41, 5.74) is 11.2. The molecule has 0 saturated heterocycles. The Morgan fingerprint density at radius 3 is 2.60 bits per heavy atom. The summed E-state index contributed by atoms with van der Waals surface area (Å²) in [6.45, 7) is 4.59. The van der Waals surface area contributed by atoms with E-state index >= 15 is 0 Å². The zero-order valence-electron chi connectivity index (χ0n) is 17.5. The van der Waals surface area contributed by atoms with E-state index in [4.69, 9.17) is 0 Å². The molecule has 0 saturated carbocycles. The third kappa shape index (κ3) is 3.71. The van der Waals surface area contributed by atoms with E-state index in [0.29, 0.717) is 5.92 Å². The summed E-state index contributed by atoms with van der Waals surface area (Å²) in [5.74, 6) is 0.407. The molecular formula is C30H28. The number of benzene rings is 2. The smallest absolute Gasteiger partial charge is 0.00958 e. The molecule has 2 aromatic rings. The summed E-state index contributed by atoms with van der Waals surface area (Å²) < 4.78 is 0. The van der Waals surface area contributed by atoms with Gasteiger partial charge in [-0.2, -0.15) is 0 Å². The first-order valence-corrected chi connectivity index (χ1v) is 11.0. The zero-order chi connectivity index (χ0) is 20.3. The van der Waals surface area contributed by atoms with E-state index in [1.165, 1.54) is 44.6 Å². The predicted molar refractivity (Wildman–Crippen MR) is 129 cm³/mol. The number of hydrogen-bond acceptors (Lipinski definition) is 0. The van der Waals surface area contributed by atoms with Crippen LogP contribution >= 0.6 is 0 Å². The Labute approximate surface area is 180 Å². The maximum absolute atomic E-state index is 4.59. The van der Waals surface area contributed by atoms with Crippen molar-refractivity contribution in [1.29, 1.82) is 0 Å². The molecule has 0 aromatic heterocycles. The van der Waals surface area contributed by atoms with Crippen molar-refractivity contribution in [2.24, 2.45) is 5.92 Å². The van der Waals surface area contributed by atoms with Crippen LogP contribution in [-0.4, -0.2) is 0 Å². The normalized spacial score (nSPS) is 20.7. The molecule has 0 nitrogen and oxygen atoms in total. The Bertz CT molecular complexity index is 1120. The lowest BCUT2D eigenvalue weighted by Crippen LogP contribution is -2.03. The highest BCUT2D eigenvalue weighted by Gasteiger charge is 2.31. The topological polar surface area (TPSA) is 0 Å². The highest BCUT2D eigenvalue weighted by molar-refractivity contribution is 5.81. The van der Waals surface area contributed by atoms with Crippen LogP contribution in [0.5, 0.6) is 0 Å². The fourth-order valence-corrected chi connectivity index (χ4v) is 4.97. The van der Waals surface area contributed by atoms with Gasteiger partial charge in [0.2, 0.25) is 0 Å². The van der Waals surface area contributed by atoms with E-state index in [0.717, 1.165) is 32.1 Å². The minimum atomic E-state index is 0.407. The highest BCUT2D eigenvalue weighted by Crippen LogP contribution is 2.47. The molecule has 0 heteroatoms. The van der Waals surface area contributed by atoms with Crippen LogP contribution in [0, 0.1) is 5.92 Å². The largest absolute Gasteiger partial charge is 0.0946 e. The Morgan fingerprint density at radius 2 is 1.80 bits per heavy atom. The minimum Gasteiger partial charge on any atom is -0.0946 e. The van der Waals surface area contributed by atoms with Gasteiger partial charge in [0.15, 0.2) is 0 Å². The highest BCUT2D eigenvalue weighted by atomic mass is 14.4. The lowest BCUT2D eigenvalue weighted by atomic mass is 9.89. The van der Waals surface area contributed by atoms with Gasteiger partial charge in [-0.15, -0.1) is 0 Å². The SMILES string of the molecule is C=C1C(/C=C\CC2=CCC=CC2)=C(c2ccccc2)CC1C1=Cc2ccccc2C1. The average molecular weight is 389 g/mol. The van der Waals surface area contributed by atoms with Crippen LogP contribution in [0.3, 0.4) is 0 Å². The van der Waals surface area contributed by atoms with Crippen molar-refractivity contribution >= 4 is 11.6 Å². The van der Waals surface area contributed by atoms with E-state index in [9.17, 15) is 0 Å². The summed E-state index contributed by atoms with van der Waals surface area (Å²) in [6, 6.07) is 19.6. The molecule has 0 radical (unpaired) electrons. The zero-order valence-corrected chi connectivity index (χ0v) is 17.5. The van der Waals surface area contributed by atoms with Gasteiger partial charge in [-0.05, 0) is 65.5 Å². The van der Waals surface area contributed by atoms with E-state index < -0.39 is 0 Å². The van der Waals surface area contributed by atoms with Gasteiger partial charge in [0.05, 0.1) is 0 Å². The molecule has 148 valence electrons. The van der Waals surface area contributed by atoms with Crippen LogP contribution in [0.15, 0.2) is 114 Å². The maximum atomic E-state index is 4.59. The van der Waals surface area contributed by atoms with Crippen molar-refractivity contribution in [1.82, 2.24) is 0 Å². The van der Waals surface area contributed by atoms with Gasteiger partial charge < -0.3 is 0 Å². The van der Waals surface area contributed by atoms with Crippen molar-refractivity contribution in [3.63, 3.8) is 0 Å². The first-order chi connectivity index (χ1) is 14.8. The van der Waals surface area contributed by atoms with Crippen molar-refractivity contribution in [3.05, 3.63) is 131 Å². The van der Waals surface area contributed by atoms with Crippen molar-refractivity contribution in [3.8, 4) is 0 Å². The van der Waals surface area contributed by atoms with Crippen LogP contribution in [0.25, 0.3) is 11.6 Å². The lowest BCUT2D eigenvalue weighted by Gasteiger charge is -2.14. The van der Waals surface area contributed by atoms with Gasteiger partial charge in [-0.1, -0.05) is 109 Å². The molecule has 3 aliphatic carbocycles. The predicted octanol–water partition coefficient (Wildman–Crippen LogP) is 7.88. The third-order valence-corrected chi connectivity index (χ3v) is 6.61. The molecule has 5 rings (SSSR count). The van der Waals surface area contributed by atoms with Crippen LogP contribution in [-0.2, 0) is 6.42 Å². The molecule has 0 heterocycles. The van der Waals surface area contributed by atoms with E-state index in [1.54, 1.807) is 0 Å². The maximum Gasteiger partial charge on any atom is 0.00958 e. The van der Waals surface area contributed by atoms with Gasteiger partial charge in [-0.25, -0.2) is 0 Å². The van der Waals surface area contributed by atoms with Crippen LogP contribution in [0.2, 0.25) is 0 Å². The van der Waals surface area contributed by atoms with Crippen molar-refractivity contribution < 1.29 is 0 Å². The number of fused-ring (bicyclic) bond motifs is 1. The van der Waals surface area contributed by atoms with Crippen molar-refractivity contribution in [2.45, 2.75) is 32.1 Å². The summed E-state index contributed by atoms with van der Waals surface area (Å²) in [7, 11) is 0. The number of hydrogen-bond donors (Lipinski definition) is 0. The Balaban J connectivity index is 1.42. The van der Waals surface area contributed by atoms with Gasteiger partial charge in [0.1, 0.15) is 0 Å². The van der Waals surface area contributed by atoms with E-state index in [2.05, 4.69) is 97.6 Å². The Kier molecular flexibility index (Phi) is 5.24. The van der Waals surface area contributed by atoms with Crippen LogP contribution in [0.4, 0.5) is 0 Å². The van der Waals surface area contributed by atoms with Gasteiger partial charge in [0, 0.05) is 5.92 Å². The quantitative estimate of drug-likeness (QED) is 0.457. The Morgan fingerprint density at radius 1 is 0.967 bits per heavy atom. The summed E-state index contributed by atoms with van der Waals surface area (Å²) in [5, 5.41) is 0. The standard InChI is InChI=1S/C30H28/c1-22-28(18-10-13-23-11-4-2-5-12-23)30(24-14-6-3-7-15-24)21-29(22)27-19-25-16-8-9-17-26(25)20-27/h2-4,6-10,12,14-19,29H,1,5,11,13,20-21H2/b18-10-. The molecule has 0 spiro atoms. The van der Waals surface area contributed by atoms with Gasteiger partial charge in [-0.3, -0.25) is 0 Å². The molecule has 2 aromatic carbocycles. The first kappa shape index (κ1) is 18.9. The first-order valence-electron chi connectivity index (χ1n) is 11.0. The van der Waals surface area contributed by atoms with E-state index in [1.807, 2.05) is 0 Å². The molecule has 0 amide bonds. The Hall–Kier alpha value is -3.12. The number of rotatable bonds is 5. The monoisotopic (exact) mass is 388 g/mol. The third-order valence-electron chi connectivity index (χ3n) is 6.61. The second kappa shape index (κ2) is 8.32. The molecule has 30 heavy (non-hydrogen) atoms. The molecule has 0 N–H and O–H groups in total. The number of allylic oxidation sites excluding steroid dienone is 10. The molecule has 1 atom stereocenters. The summed E-state index contributed by atoms with van der Waals surface area (Å²) in [6.07, 6.45) is 19.3. The average Bonchev–Trinajstić information content (AvgIpc) is 3.36. The molecule has 0 fully saturated rings. The van der Waals surface area contributed by atoms with Crippen molar-refractivity contribution in [2.75, 3.05) is 0 Å². The van der Waals surface area contributed by atoms with Gasteiger partial charge in [0.25, 0.3) is 0 Å². The van der Waals surface area contributed by atoms with Crippen LogP contribution in [0.1, 0.15) is 42.4 Å². The summed E-state index contributed by atoms with van der Waals surface area (Å²) in [4.78, 5) is 0. The van der Waals surface area contributed by atoms with E-state index in [-0.39, 0.29) is 0 Å². The van der Waals surface area contributed by atoms with Gasteiger partial charge >= 0.3 is 0 Å². The molecule has 0 aliphatic heterocycles. The fraction of sp³-hybridized carbons (Fsp3) is 0.200.